The summed E-state index contributed by atoms with van der Waals surface area (Å²) in [5.41, 5.74) is 2.20. The summed E-state index contributed by atoms with van der Waals surface area (Å²) in [5, 5.41) is 5.84. The van der Waals surface area contributed by atoms with Crippen molar-refractivity contribution in [2.45, 2.75) is 0 Å². The van der Waals surface area contributed by atoms with Gasteiger partial charge in [-0.2, -0.15) is 0 Å². The van der Waals surface area contributed by atoms with E-state index in [-0.39, 0.29) is 11.7 Å². The Morgan fingerprint density at radius 2 is 1.32 bits per heavy atom. The van der Waals surface area contributed by atoms with Gasteiger partial charge >= 0.3 is 0 Å². The lowest BCUT2D eigenvalue weighted by Gasteiger charge is -2.13. The fraction of sp³-hybridized carbons (Fsp3) is 0.172. The van der Waals surface area contributed by atoms with E-state index in [9.17, 15) is 9.59 Å². The maximum atomic E-state index is 12.7. The summed E-state index contributed by atoms with van der Waals surface area (Å²) in [4.78, 5) is 25.1. The van der Waals surface area contributed by atoms with E-state index in [1.807, 2.05) is 0 Å². The molecule has 0 unspecified atom stereocenters. The number of nitrogens with one attached hydrogen (secondary N) is 2. The number of ether oxygens (including phenoxy) is 5. The maximum absolute atomic E-state index is 12.7. The lowest BCUT2D eigenvalue weighted by molar-refractivity contribution is -0.111. The lowest BCUT2D eigenvalue weighted by Crippen LogP contribution is -2.08. The average Bonchev–Trinajstić information content (AvgIpc) is 2.95. The second-order valence-corrected chi connectivity index (χ2v) is 7.75. The molecule has 0 aliphatic carbocycles. The molecule has 0 heterocycles. The molecule has 2 N–H and O–H groups in total. The number of carbonyl (C=O) groups excluding carboxylic acids is 2. The molecule has 0 fully saturated rings. The van der Waals surface area contributed by atoms with Gasteiger partial charge in [0.05, 0.1) is 46.8 Å². The Hall–Kier alpha value is -4.92. The van der Waals surface area contributed by atoms with Gasteiger partial charge in [0, 0.05) is 41.7 Å². The van der Waals surface area contributed by atoms with Crippen molar-refractivity contribution >= 4 is 29.1 Å². The number of rotatable bonds is 12. The molecule has 9 heteroatoms. The van der Waals surface area contributed by atoms with Crippen LogP contribution in [0, 0.1) is 0 Å². The molecule has 9 nitrogen and oxygen atoms in total. The fourth-order valence-electron chi connectivity index (χ4n) is 3.50. The topological polar surface area (TPSA) is 104 Å². The maximum Gasteiger partial charge on any atom is 0.248 e. The molecule has 38 heavy (non-hydrogen) atoms. The molecule has 0 aromatic heterocycles. The molecule has 0 saturated heterocycles. The van der Waals surface area contributed by atoms with Gasteiger partial charge < -0.3 is 34.3 Å². The number of allylic oxidation sites excluding steroid dienone is 1. The van der Waals surface area contributed by atoms with E-state index >= 15 is 0 Å². The molecule has 198 valence electrons. The molecule has 0 radical (unpaired) electrons. The highest BCUT2D eigenvalue weighted by Gasteiger charge is 2.12. The first-order valence-electron chi connectivity index (χ1n) is 11.5. The smallest absolute Gasteiger partial charge is 0.248 e. The first kappa shape index (κ1) is 27.7. The minimum Gasteiger partial charge on any atom is -0.497 e. The number of carbonyl (C=O) groups is 2. The minimum atomic E-state index is -0.369. The van der Waals surface area contributed by atoms with Gasteiger partial charge in [0.15, 0.2) is 5.78 Å². The van der Waals surface area contributed by atoms with Crippen LogP contribution in [0.3, 0.4) is 0 Å². The van der Waals surface area contributed by atoms with E-state index in [1.54, 1.807) is 74.9 Å². The molecule has 0 spiro atoms. The molecule has 3 aromatic carbocycles. The molecular formula is C29H30N2O7. The van der Waals surface area contributed by atoms with Crippen molar-refractivity contribution < 1.29 is 33.3 Å². The second-order valence-electron chi connectivity index (χ2n) is 7.75. The summed E-state index contributed by atoms with van der Waals surface area (Å²) in [5.74, 6) is 2.22. The van der Waals surface area contributed by atoms with E-state index in [2.05, 4.69) is 10.6 Å². The molecule has 0 saturated carbocycles. The van der Waals surface area contributed by atoms with Gasteiger partial charge in [-0.1, -0.05) is 0 Å². The normalized spacial score (nSPS) is 10.8. The number of anilines is 2. The van der Waals surface area contributed by atoms with Crippen LogP contribution in [0.15, 0.2) is 72.9 Å². The van der Waals surface area contributed by atoms with Crippen LogP contribution in [0.25, 0.3) is 6.08 Å². The molecule has 0 bridgehead atoms. The van der Waals surface area contributed by atoms with Crippen molar-refractivity contribution in [2.75, 3.05) is 46.2 Å². The van der Waals surface area contributed by atoms with Crippen molar-refractivity contribution in [3.05, 3.63) is 84.1 Å². The fourth-order valence-corrected chi connectivity index (χ4v) is 3.50. The summed E-state index contributed by atoms with van der Waals surface area (Å²) < 4.78 is 26.6. The van der Waals surface area contributed by atoms with Gasteiger partial charge in [-0.05, 0) is 48.5 Å². The molecular weight excluding hydrogens is 488 g/mol. The Balaban J connectivity index is 1.71. The van der Waals surface area contributed by atoms with Crippen molar-refractivity contribution in [2.24, 2.45) is 0 Å². The zero-order chi connectivity index (χ0) is 27.5. The Bertz CT molecular complexity index is 1310. The standard InChI is InChI=1S/C29H30N2O7/c1-34-21-9-6-19(7-10-21)25(32)14-15-30-24-16-20(8-12-26(24)36-3)31-29(33)13-11-23-27(37-4)17-22(35-2)18-28(23)38-5/h6-18,30H,1-5H3,(H,31,33)/b13-11+,15-14-. The number of benzene rings is 3. The predicted molar refractivity (Wildman–Crippen MR) is 147 cm³/mol. The van der Waals surface area contributed by atoms with E-state index in [0.29, 0.717) is 51.2 Å². The Morgan fingerprint density at radius 3 is 1.89 bits per heavy atom. The number of hydrogen-bond acceptors (Lipinski definition) is 8. The summed E-state index contributed by atoms with van der Waals surface area (Å²) in [6.07, 6.45) is 5.89. The molecule has 3 aromatic rings. The van der Waals surface area contributed by atoms with Gasteiger partial charge in [-0.15, -0.1) is 0 Å². The highest BCUT2D eigenvalue weighted by molar-refractivity contribution is 6.05. The van der Waals surface area contributed by atoms with Crippen LogP contribution >= 0.6 is 0 Å². The Labute approximate surface area is 221 Å². The van der Waals surface area contributed by atoms with Gasteiger partial charge in [-0.25, -0.2) is 0 Å². The number of ketones is 1. The number of amides is 1. The monoisotopic (exact) mass is 518 g/mol. The predicted octanol–water partition coefficient (Wildman–Crippen LogP) is 5.19. The van der Waals surface area contributed by atoms with Gasteiger partial charge in [-0.3, -0.25) is 9.59 Å². The van der Waals surface area contributed by atoms with E-state index in [1.165, 1.54) is 39.7 Å². The molecule has 0 atom stereocenters. The third-order valence-corrected chi connectivity index (χ3v) is 5.47. The third-order valence-electron chi connectivity index (χ3n) is 5.47. The zero-order valence-corrected chi connectivity index (χ0v) is 21.9. The van der Waals surface area contributed by atoms with Crippen LogP contribution in [-0.2, 0) is 4.79 Å². The van der Waals surface area contributed by atoms with Crippen LogP contribution in [0.1, 0.15) is 15.9 Å². The number of methoxy groups -OCH3 is 5. The van der Waals surface area contributed by atoms with Crippen molar-refractivity contribution in [1.82, 2.24) is 0 Å². The molecule has 0 aliphatic heterocycles. The van der Waals surface area contributed by atoms with Crippen molar-refractivity contribution in [3.63, 3.8) is 0 Å². The van der Waals surface area contributed by atoms with Crippen molar-refractivity contribution in [3.8, 4) is 28.7 Å². The highest BCUT2D eigenvalue weighted by atomic mass is 16.5. The number of hydrogen-bond donors (Lipinski definition) is 2. The first-order chi connectivity index (χ1) is 18.4. The molecule has 0 aliphatic rings. The third kappa shape index (κ3) is 7.07. The van der Waals surface area contributed by atoms with Crippen LogP contribution < -0.4 is 34.3 Å². The largest absolute Gasteiger partial charge is 0.497 e. The Kier molecular flexibility index (Phi) is 9.76. The van der Waals surface area contributed by atoms with Gasteiger partial charge in [0.2, 0.25) is 5.91 Å². The van der Waals surface area contributed by atoms with Gasteiger partial charge in [0.25, 0.3) is 0 Å². The quantitative estimate of drug-likeness (QED) is 0.249. The van der Waals surface area contributed by atoms with Crippen molar-refractivity contribution in [1.29, 1.82) is 0 Å². The van der Waals surface area contributed by atoms with E-state index < -0.39 is 0 Å². The van der Waals surface area contributed by atoms with Crippen LogP contribution in [0.5, 0.6) is 28.7 Å². The molecule has 1 amide bonds. The van der Waals surface area contributed by atoms with Crippen LogP contribution in [0.4, 0.5) is 11.4 Å². The summed E-state index contributed by atoms with van der Waals surface area (Å²) in [7, 11) is 7.69. The summed E-state index contributed by atoms with van der Waals surface area (Å²) in [6.45, 7) is 0. The van der Waals surface area contributed by atoms with Crippen LogP contribution in [-0.4, -0.2) is 47.2 Å². The zero-order valence-electron chi connectivity index (χ0n) is 21.9. The first-order valence-corrected chi connectivity index (χ1v) is 11.5. The minimum absolute atomic E-state index is 0.182. The SMILES string of the molecule is COc1ccc(C(=O)/C=C\Nc2cc(NC(=O)/C=C/c3c(OC)cc(OC)cc3OC)ccc2OC)cc1. The second kappa shape index (κ2) is 13.4. The van der Waals surface area contributed by atoms with E-state index in [0.717, 1.165) is 0 Å². The van der Waals surface area contributed by atoms with Crippen LogP contribution in [0.2, 0.25) is 0 Å². The highest BCUT2D eigenvalue weighted by Crippen LogP contribution is 2.35. The Morgan fingerprint density at radius 1 is 0.684 bits per heavy atom. The van der Waals surface area contributed by atoms with E-state index in [4.69, 9.17) is 23.7 Å². The summed E-state index contributed by atoms with van der Waals surface area (Å²) in [6, 6.07) is 15.3. The summed E-state index contributed by atoms with van der Waals surface area (Å²) >= 11 is 0. The van der Waals surface area contributed by atoms with Gasteiger partial charge in [0.1, 0.15) is 28.7 Å². The molecule has 3 rings (SSSR count). The lowest BCUT2D eigenvalue weighted by atomic mass is 10.1. The average molecular weight is 519 g/mol.